The first-order chi connectivity index (χ1) is 11.7. The summed E-state index contributed by atoms with van der Waals surface area (Å²) in [4.78, 5) is 12.4. The minimum Gasteiger partial charge on any atom is -0.376 e. The molecule has 2 heterocycles. The zero-order valence-corrected chi connectivity index (χ0v) is 13.7. The van der Waals surface area contributed by atoms with Gasteiger partial charge in [-0.25, -0.2) is 9.48 Å². The summed E-state index contributed by atoms with van der Waals surface area (Å²) < 4.78 is 7.55. The third-order valence-electron chi connectivity index (χ3n) is 4.78. The van der Waals surface area contributed by atoms with Gasteiger partial charge in [0.1, 0.15) is 0 Å². The molecule has 2 amide bonds. The van der Waals surface area contributed by atoms with Gasteiger partial charge in [-0.05, 0) is 55.9 Å². The number of benzene rings is 1. The maximum atomic E-state index is 12.4. The zero-order valence-electron chi connectivity index (χ0n) is 13.7. The summed E-state index contributed by atoms with van der Waals surface area (Å²) in [5.41, 5.74) is 2.73. The van der Waals surface area contributed by atoms with E-state index < -0.39 is 0 Å². The van der Waals surface area contributed by atoms with Crippen molar-refractivity contribution in [1.29, 1.82) is 0 Å². The van der Waals surface area contributed by atoms with Gasteiger partial charge in [0.2, 0.25) is 0 Å². The number of aryl methyl sites for hydroxylation is 1. The van der Waals surface area contributed by atoms with Crippen molar-refractivity contribution in [3.05, 3.63) is 42.2 Å². The van der Waals surface area contributed by atoms with Crippen molar-refractivity contribution in [3.8, 4) is 5.69 Å². The summed E-state index contributed by atoms with van der Waals surface area (Å²) in [6, 6.07) is 7.73. The number of ether oxygens (including phenoxy) is 1. The topological polar surface area (TPSA) is 68.2 Å². The second-order valence-corrected chi connectivity index (χ2v) is 6.62. The first-order valence-electron chi connectivity index (χ1n) is 8.50. The van der Waals surface area contributed by atoms with Crippen LogP contribution in [0.4, 0.5) is 10.5 Å². The monoisotopic (exact) mass is 326 g/mol. The van der Waals surface area contributed by atoms with E-state index in [0.717, 1.165) is 30.0 Å². The minimum atomic E-state index is -0.170. The van der Waals surface area contributed by atoms with Crippen LogP contribution in [0, 0.1) is 12.8 Å². The van der Waals surface area contributed by atoms with E-state index in [-0.39, 0.29) is 18.2 Å². The second-order valence-electron chi connectivity index (χ2n) is 6.62. The average molecular weight is 326 g/mol. The molecule has 0 spiro atoms. The lowest BCUT2D eigenvalue weighted by atomic mass is 10.1. The normalized spacial score (nSPS) is 23.2. The van der Waals surface area contributed by atoms with Gasteiger partial charge in [-0.15, -0.1) is 0 Å². The lowest BCUT2D eigenvalue weighted by Gasteiger charge is -2.20. The molecule has 1 aromatic heterocycles. The average Bonchev–Trinajstić information content (AvgIpc) is 3.08. The third kappa shape index (κ3) is 3.14. The fraction of sp³-hybridized carbons (Fsp3) is 0.444. The smallest absolute Gasteiger partial charge is 0.319 e. The summed E-state index contributed by atoms with van der Waals surface area (Å²) >= 11 is 0. The van der Waals surface area contributed by atoms with E-state index in [4.69, 9.17) is 4.74 Å². The van der Waals surface area contributed by atoms with Crippen LogP contribution in [-0.2, 0) is 4.74 Å². The maximum absolute atomic E-state index is 12.4. The van der Waals surface area contributed by atoms with Gasteiger partial charge in [-0.2, -0.15) is 5.10 Å². The Hall–Kier alpha value is -2.34. The summed E-state index contributed by atoms with van der Waals surface area (Å²) in [6.45, 7) is 2.72. The van der Waals surface area contributed by atoms with Crippen LogP contribution in [0.1, 0.15) is 24.8 Å². The fourth-order valence-electron chi connectivity index (χ4n) is 3.29. The summed E-state index contributed by atoms with van der Waals surface area (Å²) in [6.07, 6.45) is 7.13. The van der Waals surface area contributed by atoms with Crippen LogP contribution >= 0.6 is 0 Å². The molecule has 6 heteroatoms. The number of carbonyl (C=O) groups excluding carboxylic acids is 1. The van der Waals surface area contributed by atoms with Crippen molar-refractivity contribution in [2.45, 2.75) is 38.3 Å². The van der Waals surface area contributed by atoms with Gasteiger partial charge in [0.15, 0.2) is 0 Å². The minimum absolute atomic E-state index is 0.118. The molecule has 2 N–H and O–H groups in total. The van der Waals surface area contributed by atoms with Gasteiger partial charge < -0.3 is 15.4 Å². The van der Waals surface area contributed by atoms with Crippen LogP contribution in [0.15, 0.2) is 36.7 Å². The van der Waals surface area contributed by atoms with Crippen molar-refractivity contribution in [2.24, 2.45) is 5.92 Å². The molecule has 2 fully saturated rings. The molecule has 24 heavy (non-hydrogen) atoms. The first kappa shape index (κ1) is 15.2. The first-order valence-corrected chi connectivity index (χ1v) is 8.50. The Kier molecular flexibility index (Phi) is 3.98. The highest BCUT2D eigenvalue weighted by Crippen LogP contribution is 2.38. The number of urea groups is 1. The van der Waals surface area contributed by atoms with Crippen LogP contribution in [0.5, 0.6) is 0 Å². The van der Waals surface area contributed by atoms with E-state index in [9.17, 15) is 4.79 Å². The van der Waals surface area contributed by atoms with Crippen molar-refractivity contribution < 1.29 is 9.53 Å². The molecule has 6 nitrogen and oxygen atoms in total. The summed E-state index contributed by atoms with van der Waals surface area (Å²) in [5, 5.41) is 10.3. The highest BCUT2D eigenvalue weighted by molar-refractivity contribution is 5.90. The van der Waals surface area contributed by atoms with Crippen LogP contribution in [-0.4, -0.2) is 34.6 Å². The van der Waals surface area contributed by atoms with E-state index in [0.29, 0.717) is 5.92 Å². The molecule has 1 aliphatic carbocycles. The number of anilines is 1. The molecule has 0 bridgehead atoms. The number of hydrogen-bond acceptors (Lipinski definition) is 3. The van der Waals surface area contributed by atoms with Crippen molar-refractivity contribution >= 4 is 11.7 Å². The third-order valence-corrected chi connectivity index (χ3v) is 4.78. The summed E-state index contributed by atoms with van der Waals surface area (Å²) in [7, 11) is 0. The standard InChI is InChI=1S/C18H22N4O2/c1-12-3-6-14(22-9-2-8-19-22)11-16(12)21-18(23)20-15-7-10-24-17(15)13-4-5-13/h2-3,6,8-9,11,13,15,17H,4-5,7,10H2,1H3,(H2,20,21,23)/t15-,17-/m0/s1. The van der Waals surface area contributed by atoms with Gasteiger partial charge in [0, 0.05) is 24.7 Å². The molecule has 1 saturated heterocycles. The van der Waals surface area contributed by atoms with Gasteiger partial charge in [0.25, 0.3) is 0 Å². The molecule has 0 unspecified atom stereocenters. The van der Waals surface area contributed by atoms with E-state index in [2.05, 4.69) is 15.7 Å². The van der Waals surface area contributed by atoms with Gasteiger partial charge >= 0.3 is 6.03 Å². The van der Waals surface area contributed by atoms with Crippen LogP contribution < -0.4 is 10.6 Å². The quantitative estimate of drug-likeness (QED) is 0.908. The molecule has 2 aliphatic rings. The Morgan fingerprint density at radius 3 is 2.96 bits per heavy atom. The van der Waals surface area contributed by atoms with Gasteiger partial charge in [-0.1, -0.05) is 6.07 Å². The van der Waals surface area contributed by atoms with Crippen molar-refractivity contribution in [2.75, 3.05) is 11.9 Å². The lowest BCUT2D eigenvalue weighted by molar-refractivity contribution is 0.0829. The highest BCUT2D eigenvalue weighted by atomic mass is 16.5. The Bertz CT molecular complexity index is 725. The molecule has 2 atom stereocenters. The van der Waals surface area contributed by atoms with Gasteiger partial charge in [0.05, 0.1) is 17.8 Å². The molecule has 1 aromatic carbocycles. The number of rotatable bonds is 4. The Morgan fingerprint density at radius 2 is 2.21 bits per heavy atom. The number of aromatic nitrogens is 2. The highest BCUT2D eigenvalue weighted by Gasteiger charge is 2.41. The van der Waals surface area contributed by atoms with Crippen LogP contribution in [0.2, 0.25) is 0 Å². The van der Waals surface area contributed by atoms with E-state index in [1.54, 1.807) is 10.9 Å². The molecule has 4 rings (SSSR count). The zero-order chi connectivity index (χ0) is 16.5. The van der Waals surface area contributed by atoms with E-state index >= 15 is 0 Å². The number of nitrogens with one attached hydrogen (secondary N) is 2. The number of amides is 2. The SMILES string of the molecule is Cc1ccc(-n2cccn2)cc1NC(=O)N[C@H]1CCO[C@H]1C1CC1. The predicted octanol–water partition coefficient (Wildman–Crippen LogP) is 2.87. The fourth-order valence-corrected chi connectivity index (χ4v) is 3.29. The largest absolute Gasteiger partial charge is 0.376 e. The second kappa shape index (κ2) is 6.28. The maximum Gasteiger partial charge on any atom is 0.319 e. The van der Waals surface area contributed by atoms with Crippen LogP contribution in [0.25, 0.3) is 5.69 Å². The van der Waals surface area contributed by atoms with Gasteiger partial charge in [-0.3, -0.25) is 0 Å². The summed E-state index contributed by atoms with van der Waals surface area (Å²) in [5.74, 6) is 0.627. The molecule has 1 saturated carbocycles. The van der Waals surface area contributed by atoms with Crippen LogP contribution in [0.3, 0.4) is 0 Å². The molecule has 0 radical (unpaired) electrons. The molecule has 2 aromatic rings. The van der Waals surface area contributed by atoms with Crippen molar-refractivity contribution in [1.82, 2.24) is 15.1 Å². The molecule has 1 aliphatic heterocycles. The van der Waals surface area contributed by atoms with Crippen molar-refractivity contribution in [3.63, 3.8) is 0 Å². The number of carbonyl (C=O) groups is 1. The number of nitrogens with zero attached hydrogens (tertiary/aromatic N) is 2. The van der Waals surface area contributed by atoms with E-state index in [1.165, 1.54) is 12.8 Å². The Morgan fingerprint density at radius 1 is 1.33 bits per heavy atom. The Labute approximate surface area is 141 Å². The van der Waals surface area contributed by atoms with E-state index in [1.807, 2.05) is 37.4 Å². The number of hydrogen-bond donors (Lipinski definition) is 2. The molecular formula is C18H22N4O2. The lowest BCUT2D eigenvalue weighted by Crippen LogP contribution is -2.43. The molecular weight excluding hydrogens is 304 g/mol. The predicted molar refractivity (Wildman–Crippen MR) is 91.3 cm³/mol. The molecule has 126 valence electrons. The Balaban J connectivity index is 1.44.